The standard InChI is InChI=1S/C11H9ClN2S/c12-11-7-6-9(13-14-11)8-15-10-4-2-1-3-5-10/h1-7H,8H2. The average Bonchev–Trinajstić information content (AvgIpc) is 2.30. The van der Waals surface area contributed by atoms with E-state index in [2.05, 4.69) is 22.3 Å². The van der Waals surface area contributed by atoms with Gasteiger partial charge in [-0.3, -0.25) is 0 Å². The van der Waals surface area contributed by atoms with E-state index >= 15 is 0 Å². The van der Waals surface area contributed by atoms with Crippen molar-refractivity contribution in [1.29, 1.82) is 0 Å². The highest BCUT2D eigenvalue weighted by molar-refractivity contribution is 7.98. The van der Waals surface area contributed by atoms with Crippen LogP contribution in [0.1, 0.15) is 5.69 Å². The molecule has 0 unspecified atom stereocenters. The van der Waals surface area contributed by atoms with Crippen LogP contribution in [0.5, 0.6) is 0 Å². The summed E-state index contributed by atoms with van der Waals surface area (Å²) in [5.41, 5.74) is 0.938. The lowest BCUT2D eigenvalue weighted by Gasteiger charge is -1.99. The Morgan fingerprint density at radius 3 is 2.47 bits per heavy atom. The number of thioether (sulfide) groups is 1. The molecule has 2 nitrogen and oxygen atoms in total. The molecular formula is C11H9ClN2S. The lowest BCUT2D eigenvalue weighted by molar-refractivity contribution is 0.972. The lowest BCUT2D eigenvalue weighted by Crippen LogP contribution is -1.89. The highest BCUT2D eigenvalue weighted by Gasteiger charge is 1.97. The number of nitrogens with zero attached hydrogens (tertiary/aromatic N) is 2. The SMILES string of the molecule is Clc1ccc(CSc2ccccc2)nn1. The van der Waals surface area contributed by atoms with Gasteiger partial charge in [0.15, 0.2) is 5.15 Å². The number of rotatable bonds is 3. The highest BCUT2D eigenvalue weighted by atomic mass is 35.5. The van der Waals surface area contributed by atoms with Crippen LogP contribution in [0.15, 0.2) is 47.4 Å². The second-order valence-corrected chi connectivity index (χ2v) is 4.39. The van der Waals surface area contributed by atoms with E-state index in [1.165, 1.54) is 4.90 Å². The zero-order valence-electron chi connectivity index (χ0n) is 7.93. The lowest BCUT2D eigenvalue weighted by atomic mass is 10.4. The van der Waals surface area contributed by atoms with E-state index in [-0.39, 0.29) is 0 Å². The van der Waals surface area contributed by atoms with Crippen molar-refractivity contribution in [3.63, 3.8) is 0 Å². The Morgan fingerprint density at radius 2 is 1.80 bits per heavy atom. The van der Waals surface area contributed by atoms with E-state index in [0.717, 1.165) is 11.4 Å². The first kappa shape index (κ1) is 10.5. The quantitative estimate of drug-likeness (QED) is 0.764. The average molecular weight is 237 g/mol. The Hall–Kier alpha value is -1.06. The predicted octanol–water partition coefficient (Wildman–Crippen LogP) is 3.42. The van der Waals surface area contributed by atoms with Crippen LogP contribution in [0.3, 0.4) is 0 Å². The fourth-order valence-corrected chi connectivity index (χ4v) is 2.01. The molecule has 0 fully saturated rings. The summed E-state index contributed by atoms with van der Waals surface area (Å²) in [6.07, 6.45) is 0. The fourth-order valence-electron chi connectivity index (χ4n) is 1.09. The van der Waals surface area contributed by atoms with Crippen molar-refractivity contribution in [2.45, 2.75) is 10.6 Å². The zero-order chi connectivity index (χ0) is 10.5. The minimum Gasteiger partial charge on any atom is -0.153 e. The van der Waals surface area contributed by atoms with Crippen molar-refractivity contribution in [2.75, 3.05) is 0 Å². The Labute approximate surface area is 97.7 Å². The van der Waals surface area contributed by atoms with Crippen molar-refractivity contribution in [3.8, 4) is 0 Å². The first-order chi connectivity index (χ1) is 7.34. The summed E-state index contributed by atoms with van der Waals surface area (Å²) in [5.74, 6) is 0.814. The topological polar surface area (TPSA) is 25.8 Å². The monoisotopic (exact) mass is 236 g/mol. The largest absolute Gasteiger partial charge is 0.153 e. The van der Waals surface area contributed by atoms with Gasteiger partial charge in [-0.2, -0.15) is 5.10 Å². The van der Waals surface area contributed by atoms with Gasteiger partial charge in [-0.25, -0.2) is 0 Å². The molecule has 1 aromatic carbocycles. The summed E-state index contributed by atoms with van der Waals surface area (Å²) >= 11 is 7.38. The van der Waals surface area contributed by atoms with Crippen molar-refractivity contribution in [2.24, 2.45) is 0 Å². The number of halogens is 1. The summed E-state index contributed by atoms with van der Waals surface area (Å²) in [7, 11) is 0. The van der Waals surface area contributed by atoms with Gasteiger partial charge in [0, 0.05) is 10.6 Å². The highest BCUT2D eigenvalue weighted by Crippen LogP contribution is 2.21. The van der Waals surface area contributed by atoms with E-state index in [9.17, 15) is 0 Å². The van der Waals surface area contributed by atoms with Crippen LogP contribution in [0, 0.1) is 0 Å². The second-order valence-electron chi connectivity index (χ2n) is 2.95. The Kier molecular flexibility index (Phi) is 3.59. The summed E-state index contributed by atoms with van der Waals surface area (Å²) in [6.45, 7) is 0. The molecule has 4 heteroatoms. The Balaban J connectivity index is 1.96. The van der Waals surface area contributed by atoms with Crippen molar-refractivity contribution in [1.82, 2.24) is 10.2 Å². The van der Waals surface area contributed by atoms with E-state index in [4.69, 9.17) is 11.6 Å². The summed E-state index contributed by atoms with van der Waals surface area (Å²) < 4.78 is 0. The van der Waals surface area contributed by atoms with Gasteiger partial charge in [0.2, 0.25) is 0 Å². The molecule has 0 amide bonds. The smallest absolute Gasteiger partial charge is 0.151 e. The maximum absolute atomic E-state index is 5.65. The molecule has 2 aromatic rings. The van der Waals surface area contributed by atoms with Crippen LogP contribution < -0.4 is 0 Å². The van der Waals surface area contributed by atoms with Crippen LogP contribution >= 0.6 is 23.4 Å². The van der Waals surface area contributed by atoms with E-state index in [0.29, 0.717) is 5.15 Å². The van der Waals surface area contributed by atoms with Gasteiger partial charge in [0.05, 0.1) is 5.69 Å². The van der Waals surface area contributed by atoms with Gasteiger partial charge in [0.1, 0.15) is 0 Å². The molecule has 0 atom stereocenters. The molecular weight excluding hydrogens is 228 g/mol. The first-order valence-corrected chi connectivity index (χ1v) is 5.87. The van der Waals surface area contributed by atoms with Crippen LogP contribution in [-0.4, -0.2) is 10.2 Å². The molecule has 0 aliphatic heterocycles. The molecule has 15 heavy (non-hydrogen) atoms. The molecule has 0 radical (unpaired) electrons. The summed E-state index contributed by atoms with van der Waals surface area (Å²) in [4.78, 5) is 1.23. The number of hydrogen-bond acceptors (Lipinski definition) is 3. The van der Waals surface area contributed by atoms with Gasteiger partial charge in [0.25, 0.3) is 0 Å². The molecule has 0 bridgehead atoms. The second kappa shape index (κ2) is 5.14. The van der Waals surface area contributed by atoms with Crippen molar-refractivity contribution >= 4 is 23.4 Å². The van der Waals surface area contributed by atoms with Gasteiger partial charge < -0.3 is 0 Å². The van der Waals surface area contributed by atoms with E-state index in [1.807, 2.05) is 24.3 Å². The van der Waals surface area contributed by atoms with Crippen LogP contribution in [0.2, 0.25) is 5.15 Å². The minimum atomic E-state index is 0.434. The maximum atomic E-state index is 5.65. The molecule has 0 spiro atoms. The fraction of sp³-hybridized carbons (Fsp3) is 0.0909. The van der Waals surface area contributed by atoms with Crippen LogP contribution in [0.4, 0.5) is 0 Å². The van der Waals surface area contributed by atoms with Crippen LogP contribution in [0.25, 0.3) is 0 Å². The molecule has 0 saturated carbocycles. The molecule has 76 valence electrons. The third-order valence-corrected chi connectivity index (χ3v) is 3.06. The van der Waals surface area contributed by atoms with E-state index < -0.39 is 0 Å². The molecule has 0 N–H and O–H groups in total. The molecule has 0 saturated heterocycles. The first-order valence-electron chi connectivity index (χ1n) is 4.50. The van der Waals surface area contributed by atoms with Crippen molar-refractivity contribution < 1.29 is 0 Å². The molecule has 1 heterocycles. The number of benzene rings is 1. The minimum absolute atomic E-state index is 0.434. The molecule has 0 aliphatic carbocycles. The third kappa shape index (κ3) is 3.22. The molecule has 2 rings (SSSR count). The normalized spacial score (nSPS) is 10.2. The summed E-state index contributed by atoms with van der Waals surface area (Å²) in [6, 6.07) is 13.9. The zero-order valence-corrected chi connectivity index (χ0v) is 9.50. The predicted molar refractivity (Wildman–Crippen MR) is 63.0 cm³/mol. The van der Waals surface area contributed by atoms with Gasteiger partial charge in [-0.1, -0.05) is 29.8 Å². The summed E-state index contributed by atoms with van der Waals surface area (Å²) in [5, 5.41) is 8.22. The van der Waals surface area contributed by atoms with Crippen molar-refractivity contribution in [3.05, 3.63) is 53.3 Å². The maximum Gasteiger partial charge on any atom is 0.151 e. The number of hydrogen-bond donors (Lipinski definition) is 0. The molecule has 1 aromatic heterocycles. The van der Waals surface area contributed by atoms with E-state index in [1.54, 1.807) is 17.8 Å². The Morgan fingerprint density at radius 1 is 1.00 bits per heavy atom. The van der Waals surface area contributed by atoms with Gasteiger partial charge in [-0.05, 0) is 24.3 Å². The number of aromatic nitrogens is 2. The van der Waals surface area contributed by atoms with Gasteiger partial charge >= 0.3 is 0 Å². The Bertz CT molecular complexity index is 416. The molecule has 0 aliphatic rings. The third-order valence-electron chi connectivity index (χ3n) is 1.82. The van der Waals surface area contributed by atoms with Crippen LogP contribution in [-0.2, 0) is 5.75 Å². The van der Waals surface area contributed by atoms with Gasteiger partial charge in [-0.15, -0.1) is 16.9 Å².